The molecule has 0 radical (unpaired) electrons. The van der Waals surface area contributed by atoms with E-state index in [1.807, 2.05) is 19.1 Å². The van der Waals surface area contributed by atoms with Crippen LogP contribution in [0.4, 0.5) is 4.39 Å². The molecule has 3 rings (SSSR count). The minimum Gasteiger partial charge on any atom is -0.494 e. The number of halogens is 1. The molecule has 142 valence electrons. The Morgan fingerprint density at radius 2 is 1.96 bits per heavy atom. The summed E-state index contributed by atoms with van der Waals surface area (Å²) in [7, 11) is 1.37. The van der Waals surface area contributed by atoms with Gasteiger partial charge in [-0.25, -0.2) is 4.39 Å². The molecular weight excluding hydrogens is 345 g/mol. The molecule has 0 fully saturated rings. The van der Waals surface area contributed by atoms with Crippen LogP contribution in [0.5, 0.6) is 5.75 Å². The zero-order valence-electron chi connectivity index (χ0n) is 15.7. The Morgan fingerprint density at radius 3 is 2.70 bits per heavy atom. The Hall–Kier alpha value is -2.69. The van der Waals surface area contributed by atoms with Gasteiger partial charge >= 0.3 is 0 Å². The molecule has 0 heterocycles. The molecule has 2 aromatic rings. The smallest absolute Gasteiger partial charge is 0.221 e. The highest BCUT2D eigenvalue weighted by Gasteiger charge is 2.33. The van der Waals surface area contributed by atoms with Gasteiger partial charge in [0.2, 0.25) is 5.91 Å². The fourth-order valence-corrected chi connectivity index (χ4v) is 3.75. The van der Waals surface area contributed by atoms with Crippen molar-refractivity contribution in [2.24, 2.45) is 0 Å². The van der Waals surface area contributed by atoms with Crippen molar-refractivity contribution < 1.29 is 18.7 Å². The SMILES string of the molecule is COc1ccc(C(=O)CCC(=O)N[C@]2(C)CCCc3ccccc32)cc1F. The van der Waals surface area contributed by atoms with E-state index in [1.54, 1.807) is 0 Å². The van der Waals surface area contributed by atoms with Crippen molar-refractivity contribution in [3.8, 4) is 5.75 Å². The van der Waals surface area contributed by atoms with Crippen molar-refractivity contribution in [1.82, 2.24) is 5.32 Å². The van der Waals surface area contributed by atoms with E-state index in [1.165, 1.54) is 24.8 Å². The van der Waals surface area contributed by atoms with Gasteiger partial charge in [-0.2, -0.15) is 0 Å². The highest BCUT2D eigenvalue weighted by atomic mass is 19.1. The van der Waals surface area contributed by atoms with Crippen LogP contribution in [0.2, 0.25) is 0 Å². The summed E-state index contributed by atoms with van der Waals surface area (Å²) in [5, 5.41) is 3.10. The van der Waals surface area contributed by atoms with Crippen LogP contribution in [0.25, 0.3) is 0 Å². The topological polar surface area (TPSA) is 55.4 Å². The lowest BCUT2D eigenvalue weighted by atomic mass is 9.77. The van der Waals surface area contributed by atoms with Crippen LogP contribution < -0.4 is 10.1 Å². The molecular formula is C22H24FNO3. The summed E-state index contributed by atoms with van der Waals surface area (Å²) in [6.07, 6.45) is 3.01. The van der Waals surface area contributed by atoms with Gasteiger partial charge in [0, 0.05) is 18.4 Å². The third-order valence-corrected chi connectivity index (χ3v) is 5.20. The van der Waals surface area contributed by atoms with Crippen molar-refractivity contribution in [2.75, 3.05) is 7.11 Å². The van der Waals surface area contributed by atoms with Crippen molar-refractivity contribution >= 4 is 11.7 Å². The van der Waals surface area contributed by atoms with Crippen LogP contribution in [0.15, 0.2) is 42.5 Å². The highest BCUT2D eigenvalue weighted by Crippen LogP contribution is 2.35. The number of nitrogens with one attached hydrogen (secondary N) is 1. The maximum atomic E-state index is 13.8. The molecule has 0 spiro atoms. The Morgan fingerprint density at radius 1 is 1.19 bits per heavy atom. The van der Waals surface area contributed by atoms with E-state index in [2.05, 4.69) is 17.4 Å². The first kappa shape index (κ1) is 19.1. The van der Waals surface area contributed by atoms with Gasteiger partial charge in [-0.3, -0.25) is 9.59 Å². The maximum Gasteiger partial charge on any atom is 0.221 e. The predicted octanol–water partition coefficient (Wildman–Crippen LogP) is 4.17. The maximum absolute atomic E-state index is 13.8. The molecule has 0 saturated heterocycles. The van der Waals surface area contributed by atoms with Gasteiger partial charge in [-0.1, -0.05) is 24.3 Å². The van der Waals surface area contributed by atoms with E-state index in [-0.39, 0.29) is 35.8 Å². The third kappa shape index (κ3) is 4.18. The van der Waals surface area contributed by atoms with Crippen LogP contribution in [-0.2, 0) is 16.8 Å². The number of Topliss-reactive ketones (excluding diaryl/α,β-unsaturated/α-hetero) is 1. The summed E-state index contributed by atoms with van der Waals surface area (Å²) in [4.78, 5) is 24.8. The lowest BCUT2D eigenvalue weighted by Crippen LogP contribution is -2.45. The second-order valence-corrected chi connectivity index (χ2v) is 7.16. The van der Waals surface area contributed by atoms with Gasteiger partial charge in [-0.05, 0) is 55.5 Å². The number of hydrogen-bond acceptors (Lipinski definition) is 3. The Kier molecular flexibility index (Phi) is 5.59. The summed E-state index contributed by atoms with van der Waals surface area (Å²) in [6.45, 7) is 2.03. The predicted molar refractivity (Wildman–Crippen MR) is 101 cm³/mol. The molecule has 1 aliphatic carbocycles. The fraction of sp³-hybridized carbons (Fsp3) is 0.364. The first-order chi connectivity index (χ1) is 12.9. The van der Waals surface area contributed by atoms with Gasteiger partial charge < -0.3 is 10.1 Å². The zero-order chi connectivity index (χ0) is 19.4. The molecule has 0 aromatic heterocycles. The molecule has 0 bridgehead atoms. The average molecular weight is 369 g/mol. The summed E-state index contributed by atoms with van der Waals surface area (Å²) in [6, 6.07) is 12.2. The molecule has 27 heavy (non-hydrogen) atoms. The van der Waals surface area contributed by atoms with Gasteiger partial charge in [-0.15, -0.1) is 0 Å². The van der Waals surface area contributed by atoms with Crippen LogP contribution in [0.1, 0.15) is 54.1 Å². The molecule has 2 aromatic carbocycles. The summed E-state index contributed by atoms with van der Waals surface area (Å²) >= 11 is 0. The summed E-state index contributed by atoms with van der Waals surface area (Å²) in [5.74, 6) is -0.926. The van der Waals surface area contributed by atoms with E-state index in [0.717, 1.165) is 30.9 Å². The van der Waals surface area contributed by atoms with Crippen molar-refractivity contribution in [2.45, 2.75) is 44.6 Å². The monoisotopic (exact) mass is 369 g/mol. The molecule has 5 heteroatoms. The number of hydrogen-bond donors (Lipinski definition) is 1. The lowest BCUT2D eigenvalue weighted by molar-refractivity contribution is -0.123. The molecule has 0 unspecified atom stereocenters. The number of ketones is 1. The van der Waals surface area contributed by atoms with E-state index in [4.69, 9.17) is 4.74 Å². The third-order valence-electron chi connectivity index (χ3n) is 5.20. The number of rotatable bonds is 6. The Bertz CT molecular complexity index is 864. The first-order valence-corrected chi connectivity index (χ1v) is 9.19. The largest absolute Gasteiger partial charge is 0.494 e. The van der Waals surface area contributed by atoms with Crippen LogP contribution in [0, 0.1) is 5.82 Å². The van der Waals surface area contributed by atoms with E-state index >= 15 is 0 Å². The van der Waals surface area contributed by atoms with E-state index in [0.29, 0.717) is 0 Å². The normalized spacial score (nSPS) is 18.5. The molecule has 4 nitrogen and oxygen atoms in total. The standard InChI is InChI=1S/C22H24FNO3/c1-22(13-5-7-15-6-3-4-8-17(15)22)24-21(26)12-10-19(25)16-9-11-20(27-2)18(23)14-16/h3-4,6,8-9,11,14H,5,7,10,12-13H2,1-2H3,(H,24,26)/t22-/m1/s1. The van der Waals surface area contributed by atoms with Crippen molar-refractivity contribution in [3.05, 3.63) is 65.0 Å². The van der Waals surface area contributed by atoms with E-state index < -0.39 is 11.4 Å². The van der Waals surface area contributed by atoms with Crippen molar-refractivity contribution in [1.29, 1.82) is 0 Å². The average Bonchev–Trinajstić information content (AvgIpc) is 2.66. The number of methoxy groups -OCH3 is 1. The summed E-state index contributed by atoms with van der Waals surface area (Å²) < 4.78 is 18.6. The molecule has 1 amide bonds. The van der Waals surface area contributed by atoms with Crippen LogP contribution >= 0.6 is 0 Å². The number of carbonyl (C=O) groups is 2. The minimum atomic E-state index is -0.584. The zero-order valence-corrected chi connectivity index (χ0v) is 15.7. The van der Waals surface area contributed by atoms with Gasteiger partial charge in [0.1, 0.15) is 0 Å². The first-order valence-electron chi connectivity index (χ1n) is 9.19. The number of benzene rings is 2. The van der Waals surface area contributed by atoms with Crippen LogP contribution in [0.3, 0.4) is 0 Å². The molecule has 1 aliphatic rings. The number of carbonyl (C=O) groups excluding carboxylic acids is 2. The highest BCUT2D eigenvalue weighted by molar-refractivity contribution is 5.98. The van der Waals surface area contributed by atoms with Gasteiger partial charge in [0.25, 0.3) is 0 Å². The van der Waals surface area contributed by atoms with Gasteiger partial charge in [0.15, 0.2) is 17.3 Å². The minimum absolute atomic E-state index is 0.0370. The Balaban J connectivity index is 1.62. The second kappa shape index (κ2) is 7.91. The van der Waals surface area contributed by atoms with Crippen LogP contribution in [-0.4, -0.2) is 18.8 Å². The number of amides is 1. The summed E-state index contributed by atoms with van der Waals surface area (Å²) in [5.41, 5.74) is 2.24. The molecule has 1 atom stereocenters. The number of ether oxygens (including phenoxy) is 1. The molecule has 1 N–H and O–H groups in total. The van der Waals surface area contributed by atoms with E-state index in [9.17, 15) is 14.0 Å². The second-order valence-electron chi connectivity index (χ2n) is 7.16. The number of fused-ring (bicyclic) bond motifs is 1. The van der Waals surface area contributed by atoms with Crippen molar-refractivity contribution in [3.63, 3.8) is 0 Å². The quantitative estimate of drug-likeness (QED) is 0.778. The fourth-order valence-electron chi connectivity index (χ4n) is 3.75. The lowest BCUT2D eigenvalue weighted by Gasteiger charge is -2.37. The van der Waals surface area contributed by atoms with Gasteiger partial charge in [0.05, 0.1) is 12.6 Å². The Labute approximate surface area is 158 Å². The molecule has 0 aliphatic heterocycles. The molecule has 0 saturated carbocycles. The number of aryl methyl sites for hydroxylation is 1.